The van der Waals surface area contributed by atoms with Crippen molar-refractivity contribution >= 4 is 5.91 Å². The van der Waals surface area contributed by atoms with E-state index in [2.05, 4.69) is 0 Å². The number of amides is 1. The molecule has 6 heteroatoms. The first kappa shape index (κ1) is 12.6. The number of nitrogens with zero attached hydrogens (tertiary/aromatic N) is 3. The van der Waals surface area contributed by atoms with E-state index in [1.165, 1.54) is 0 Å². The van der Waals surface area contributed by atoms with Crippen LogP contribution in [0.2, 0.25) is 0 Å². The van der Waals surface area contributed by atoms with Gasteiger partial charge in [0.1, 0.15) is 6.10 Å². The number of hydrazine groups is 1. The number of aliphatic hydroxyl groups is 1. The van der Waals surface area contributed by atoms with Gasteiger partial charge >= 0.3 is 0 Å². The second-order valence-electron chi connectivity index (χ2n) is 5.00. The van der Waals surface area contributed by atoms with Crippen LogP contribution in [0, 0.1) is 0 Å². The maximum Gasteiger partial charge on any atom is 0.280 e. The normalized spacial score (nSPS) is 25.3. The monoisotopic (exact) mass is 263 g/mol. The molecule has 1 fully saturated rings. The molecule has 1 amide bonds. The fourth-order valence-corrected chi connectivity index (χ4v) is 2.53. The van der Waals surface area contributed by atoms with E-state index in [1.807, 2.05) is 24.1 Å². The van der Waals surface area contributed by atoms with Gasteiger partial charge in [0, 0.05) is 38.3 Å². The third-order valence-corrected chi connectivity index (χ3v) is 3.67. The second kappa shape index (κ2) is 4.57. The zero-order valence-electron chi connectivity index (χ0n) is 11.0. The summed E-state index contributed by atoms with van der Waals surface area (Å²) in [5, 5.41) is 15.3. The Balaban J connectivity index is 1.76. The number of rotatable bonds is 2. The largest absolute Gasteiger partial charge is 0.367 e. The van der Waals surface area contributed by atoms with Crippen LogP contribution in [0.25, 0.3) is 0 Å². The van der Waals surface area contributed by atoms with Crippen molar-refractivity contribution in [3.63, 3.8) is 0 Å². The minimum atomic E-state index is -1.01. The number of likely N-dealkylation sites (N-methyl/N-ethyl adjacent to an activating group) is 2. The van der Waals surface area contributed by atoms with E-state index in [0.29, 0.717) is 24.2 Å². The molecule has 0 aliphatic carbocycles. The van der Waals surface area contributed by atoms with Crippen LogP contribution >= 0.6 is 0 Å². The molecule has 0 spiro atoms. The van der Waals surface area contributed by atoms with Gasteiger partial charge in [0.15, 0.2) is 6.23 Å². The third kappa shape index (κ3) is 2.02. The van der Waals surface area contributed by atoms with E-state index in [4.69, 9.17) is 4.84 Å². The summed E-state index contributed by atoms with van der Waals surface area (Å²) in [6, 6.07) is 7.03. The van der Waals surface area contributed by atoms with Gasteiger partial charge in [0.05, 0.1) is 0 Å². The molecule has 2 heterocycles. The van der Waals surface area contributed by atoms with Crippen molar-refractivity contribution in [2.75, 3.05) is 27.2 Å². The SMILES string of the molecule is CN1CC(ON2C(=O)c3ccccc3C2O)CN1C. The van der Waals surface area contributed by atoms with Crippen molar-refractivity contribution in [1.29, 1.82) is 0 Å². The number of hydrogen-bond donors (Lipinski definition) is 1. The van der Waals surface area contributed by atoms with Gasteiger partial charge in [-0.2, -0.15) is 5.06 Å². The highest BCUT2D eigenvalue weighted by molar-refractivity contribution is 5.98. The molecule has 1 atom stereocenters. The van der Waals surface area contributed by atoms with E-state index >= 15 is 0 Å². The first-order valence-electron chi connectivity index (χ1n) is 6.27. The lowest BCUT2D eigenvalue weighted by Gasteiger charge is -2.23. The van der Waals surface area contributed by atoms with E-state index in [0.717, 1.165) is 5.06 Å². The minimum Gasteiger partial charge on any atom is -0.367 e. The number of benzene rings is 1. The van der Waals surface area contributed by atoms with Gasteiger partial charge in [-0.3, -0.25) is 9.63 Å². The smallest absolute Gasteiger partial charge is 0.280 e. The third-order valence-electron chi connectivity index (χ3n) is 3.67. The summed E-state index contributed by atoms with van der Waals surface area (Å²) in [6.07, 6.45) is -1.14. The van der Waals surface area contributed by atoms with E-state index in [1.54, 1.807) is 24.3 Å². The van der Waals surface area contributed by atoms with Crippen LogP contribution in [0.3, 0.4) is 0 Å². The Kier molecular flexibility index (Phi) is 3.02. The molecular formula is C13H17N3O3. The van der Waals surface area contributed by atoms with Crippen molar-refractivity contribution in [3.05, 3.63) is 35.4 Å². The zero-order chi connectivity index (χ0) is 13.6. The predicted octanol–water partition coefficient (Wildman–Crippen LogP) is 0.226. The number of aliphatic hydroxyl groups excluding tert-OH is 1. The van der Waals surface area contributed by atoms with Crippen LogP contribution in [-0.4, -0.2) is 59.4 Å². The summed E-state index contributed by atoms with van der Waals surface area (Å²) >= 11 is 0. The number of carbonyl (C=O) groups is 1. The molecule has 102 valence electrons. The quantitative estimate of drug-likeness (QED) is 0.827. The Morgan fingerprint density at radius 1 is 1.21 bits per heavy atom. The number of carbonyl (C=O) groups excluding carboxylic acids is 1. The first-order valence-corrected chi connectivity index (χ1v) is 6.27. The summed E-state index contributed by atoms with van der Waals surface area (Å²) in [5.74, 6) is -0.277. The molecule has 2 aliphatic heterocycles. The highest BCUT2D eigenvalue weighted by Crippen LogP contribution is 2.32. The van der Waals surface area contributed by atoms with Crippen LogP contribution in [0.1, 0.15) is 22.1 Å². The van der Waals surface area contributed by atoms with Gasteiger partial charge in [-0.1, -0.05) is 18.2 Å². The maximum absolute atomic E-state index is 12.2. The first-order chi connectivity index (χ1) is 9.08. The van der Waals surface area contributed by atoms with Gasteiger partial charge in [-0.25, -0.2) is 10.0 Å². The molecule has 1 saturated heterocycles. The summed E-state index contributed by atoms with van der Waals surface area (Å²) in [7, 11) is 3.92. The van der Waals surface area contributed by atoms with Crippen molar-refractivity contribution in [1.82, 2.24) is 15.1 Å². The van der Waals surface area contributed by atoms with E-state index in [-0.39, 0.29) is 12.0 Å². The van der Waals surface area contributed by atoms with Crippen molar-refractivity contribution < 1.29 is 14.7 Å². The van der Waals surface area contributed by atoms with Crippen molar-refractivity contribution in [3.8, 4) is 0 Å². The Bertz CT molecular complexity index is 498. The number of hydroxylamine groups is 2. The van der Waals surface area contributed by atoms with Crippen LogP contribution < -0.4 is 0 Å². The standard InChI is InChI=1S/C13H17N3O3/c1-14-7-9(8-15(14)2)19-16-12(17)10-5-3-4-6-11(10)13(16)18/h3-6,9,12,17H,7-8H2,1-2H3. The molecule has 6 nitrogen and oxygen atoms in total. The molecule has 0 radical (unpaired) electrons. The molecule has 1 aromatic carbocycles. The highest BCUT2D eigenvalue weighted by Gasteiger charge is 2.39. The Morgan fingerprint density at radius 2 is 1.84 bits per heavy atom. The maximum atomic E-state index is 12.2. The molecule has 19 heavy (non-hydrogen) atoms. The zero-order valence-corrected chi connectivity index (χ0v) is 11.0. The molecule has 2 aliphatic rings. The summed E-state index contributed by atoms with van der Waals surface area (Å²) in [6.45, 7) is 1.40. The summed E-state index contributed by atoms with van der Waals surface area (Å²) < 4.78 is 0. The molecule has 0 bridgehead atoms. The Labute approximate surface area is 111 Å². The van der Waals surface area contributed by atoms with Crippen LogP contribution in [0.15, 0.2) is 24.3 Å². The van der Waals surface area contributed by atoms with Gasteiger partial charge in [0.2, 0.25) is 0 Å². The Morgan fingerprint density at radius 3 is 2.47 bits per heavy atom. The van der Waals surface area contributed by atoms with Gasteiger partial charge in [-0.05, 0) is 6.07 Å². The van der Waals surface area contributed by atoms with E-state index < -0.39 is 6.23 Å². The average molecular weight is 263 g/mol. The van der Waals surface area contributed by atoms with Gasteiger partial charge < -0.3 is 5.11 Å². The van der Waals surface area contributed by atoms with Crippen molar-refractivity contribution in [2.45, 2.75) is 12.3 Å². The van der Waals surface area contributed by atoms with Gasteiger partial charge in [0.25, 0.3) is 5.91 Å². The van der Waals surface area contributed by atoms with Crippen molar-refractivity contribution in [2.24, 2.45) is 0 Å². The molecule has 1 N–H and O–H groups in total. The van der Waals surface area contributed by atoms with Crippen LogP contribution in [0.5, 0.6) is 0 Å². The predicted molar refractivity (Wildman–Crippen MR) is 67.7 cm³/mol. The minimum absolute atomic E-state index is 0.122. The number of fused-ring (bicyclic) bond motifs is 1. The summed E-state index contributed by atoms with van der Waals surface area (Å²) in [4.78, 5) is 17.8. The fourth-order valence-electron chi connectivity index (χ4n) is 2.53. The molecule has 1 aromatic rings. The molecule has 0 aromatic heterocycles. The second-order valence-corrected chi connectivity index (χ2v) is 5.00. The lowest BCUT2D eigenvalue weighted by Crippen LogP contribution is -2.35. The molecule has 1 unspecified atom stereocenters. The average Bonchev–Trinajstić information content (AvgIpc) is 2.84. The Hall–Kier alpha value is -1.47. The van der Waals surface area contributed by atoms with Crippen LogP contribution in [0.4, 0.5) is 0 Å². The molecular weight excluding hydrogens is 246 g/mol. The lowest BCUT2D eigenvalue weighted by molar-refractivity contribution is -0.222. The fraction of sp³-hybridized carbons (Fsp3) is 0.462. The highest BCUT2D eigenvalue weighted by atomic mass is 16.7. The molecule has 0 saturated carbocycles. The topological polar surface area (TPSA) is 56.3 Å². The molecule has 3 rings (SSSR count). The lowest BCUT2D eigenvalue weighted by atomic mass is 10.1. The van der Waals surface area contributed by atoms with E-state index in [9.17, 15) is 9.90 Å². The summed E-state index contributed by atoms with van der Waals surface area (Å²) in [5.41, 5.74) is 1.11. The number of hydrogen-bond acceptors (Lipinski definition) is 5. The van der Waals surface area contributed by atoms with Crippen LogP contribution in [-0.2, 0) is 4.84 Å². The van der Waals surface area contributed by atoms with Gasteiger partial charge in [-0.15, -0.1) is 0 Å².